The normalized spacial score (nSPS) is 15.2. The molecule has 1 rings (SSSR count). The number of hydrogen-bond donors (Lipinski definition) is 2. The van der Waals surface area contributed by atoms with Gasteiger partial charge in [0.05, 0.1) is 6.61 Å². The smallest absolute Gasteiger partial charge is 0.0584 e. The second-order valence-electron chi connectivity index (χ2n) is 6.73. The van der Waals surface area contributed by atoms with Gasteiger partial charge in [0.25, 0.3) is 0 Å². The molecule has 0 aliphatic heterocycles. The zero-order valence-electron chi connectivity index (χ0n) is 14.3. The van der Waals surface area contributed by atoms with Crippen LogP contribution in [0.5, 0.6) is 0 Å². The van der Waals surface area contributed by atoms with Crippen LogP contribution >= 0.6 is 0 Å². The Morgan fingerprint density at radius 2 is 1.86 bits per heavy atom. The molecule has 0 heterocycles. The lowest BCUT2D eigenvalue weighted by Crippen LogP contribution is -2.45. The van der Waals surface area contributed by atoms with Crippen LogP contribution in [-0.4, -0.2) is 42.8 Å². The van der Waals surface area contributed by atoms with Gasteiger partial charge < -0.3 is 15.3 Å². The van der Waals surface area contributed by atoms with E-state index in [1.54, 1.807) is 0 Å². The minimum atomic E-state index is 0.0781. The number of benzene rings is 1. The molecule has 0 fully saturated rings. The predicted octanol–water partition coefficient (Wildman–Crippen LogP) is 3.07. The van der Waals surface area contributed by atoms with Gasteiger partial charge in [0.1, 0.15) is 0 Å². The Morgan fingerprint density at radius 1 is 1.24 bits per heavy atom. The van der Waals surface area contributed by atoms with E-state index in [4.69, 9.17) is 0 Å². The van der Waals surface area contributed by atoms with Crippen LogP contribution in [0, 0.1) is 5.41 Å². The van der Waals surface area contributed by atoms with E-state index in [2.05, 4.69) is 75.3 Å². The highest BCUT2D eigenvalue weighted by molar-refractivity contribution is 5.21. The van der Waals surface area contributed by atoms with Crippen LogP contribution in [-0.2, 0) is 0 Å². The average molecular weight is 292 g/mol. The Bertz CT molecular complexity index is 391. The van der Waals surface area contributed by atoms with Gasteiger partial charge in [-0.25, -0.2) is 0 Å². The number of aliphatic hydroxyl groups is 1. The molecule has 3 nitrogen and oxygen atoms in total. The highest BCUT2D eigenvalue weighted by Gasteiger charge is 2.32. The monoisotopic (exact) mass is 292 g/mol. The Balaban J connectivity index is 2.90. The second-order valence-corrected chi connectivity index (χ2v) is 6.73. The lowest BCUT2D eigenvalue weighted by Gasteiger charge is -2.40. The molecule has 1 aromatic carbocycles. The zero-order chi connectivity index (χ0) is 15.9. The third-order valence-corrected chi connectivity index (χ3v) is 4.19. The summed E-state index contributed by atoms with van der Waals surface area (Å²) in [5, 5.41) is 13.0. The zero-order valence-corrected chi connectivity index (χ0v) is 14.3. The maximum Gasteiger partial charge on any atom is 0.0584 e. The van der Waals surface area contributed by atoms with Gasteiger partial charge in [0.15, 0.2) is 0 Å². The SMILES string of the molecule is CCCNC(c1ccccc1)C(C)(C)CN(C)C(C)CO. The molecule has 2 atom stereocenters. The number of likely N-dealkylation sites (N-methyl/N-ethyl adjacent to an activating group) is 1. The van der Waals surface area contributed by atoms with Crippen LogP contribution in [0.15, 0.2) is 30.3 Å². The largest absolute Gasteiger partial charge is 0.395 e. The van der Waals surface area contributed by atoms with Crippen molar-refractivity contribution in [3.63, 3.8) is 0 Å². The maximum atomic E-state index is 9.34. The molecule has 2 N–H and O–H groups in total. The third-order valence-electron chi connectivity index (χ3n) is 4.19. The van der Waals surface area contributed by atoms with Crippen molar-refractivity contribution in [2.75, 3.05) is 26.7 Å². The summed E-state index contributed by atoms with van der Waals surface area (Å²) >= 11 is 0. The predicted molar refractivity (Wildman–Crippen MR) is 90.4 cm³/mol. The van der Waals surface area contributed by atoms with Crippen molar-refractivity contribution in [3.8, 4) is 0 Å². The molecular formula is C18H32N2O. The number of rotatable bonds is 9. The van der Waals surface area contributed by atoms with Crippen LogP contribution in [0.3, 0.4) is 0 Å². The van der Waals surface area contributed by atoms with E-state index in [-0.39, 0.29) is 18.1 Å². The van der Waals surface area contributed by atoms with E-state index in [1.165, 1.54) is 5.56 Å². The van der Waals surface area contributed by atoms with Gasteiger partial charge in [-0.15, -0.1) is 0 Å². The topological polar surface area (TPSA) is 35.5 Å². The van der Waals surface area contributed by atoms with Gasteiger partial charge >= 0.3 is 0 Å². The van der Waals surface area contributed by atoms with Gasteiger partial charge in [-0.3, -0.25) is 0 Å². The Labute approximate surface area is 130 Å². The fourth-order valence-electron chi connectivity index (χ4n) is 2.81. The molecule has 0 aliphatic rings. The molecule has 0 spiro atoms. The molecule has 0 saturated heterocycles. The molecule has 120 valence electrons. The summed E-state index contributed by atoms with van der Waals surface area (Å²) in [5.74, 6) is 0. The summed E-state index contributed by atoms with van der Waals surface area (Å²) in [6.07, 6.45) is 1.13. The van der Waals surface area contributed by atoms with Crippen molar-refractivity contribution in [2.45, 2.75) is 46.2 Å². The number of nitrogens with one attached hydrogen (secondary N) is 1. The molecule has 3 heteroatoms. The summed E-state index contributed by atoms with van der Waals surface area (Å²) in [4.78, 5) is 2.24. The van der Waals surface area contributed by atoms with Crippen molar-refractivity contribution in [1.29, 1.82) is 0 Å². The van der Waals surface area contributed by atoms with Crippen LogP contribution in [0.1, 0.15) is 45.7 Å². The van der Waals surface area contributed by atoms with Crippen LogP contribution in [0.4, 0.5) is 0 Å². The lowest BCUT2D eigenvalue weighted by atomic mass is 9.79. The summed E-state index contributed by atoms with van der Waals surface area (Å²) < 4.78 is 0. The average Bonchev–Trinajstić information content (AvgIpc) is 2.47. The van der Waals surface area contributed by atoms with Gasteiger partial charge in [0.2, 0.25) is 0 Å². The van der Waals surface area contributed by atoms with E-state index in [0.717, 1.165) is 19.5 Å². The van der Waals surface area contributed by atoms with Gasteiger partial charge in [-0.2, -0.15) is 0 Å². The Kier molecular flexibility index (Phi) is 7.36. The highest BCUT2D eigenvalue weighted by atomic mass is 16.3. The van der Waals surface area contributed by atoms with Crippen LogP contribution in [0.2, 0.25) is 0 Å². The van der Waals surface area contributed by atoms with Crippen molar-refractivity contribution >= 4 is 0 Å². The first-order valence-electron chi connectivity index (χ1n) is 8.01. The minimum absolute atomic E-state index is 0.0781. The van der Waals surface area contributed by atoms with Crippen molar-refractivity contribution < 1.29 is 5.11 Å². The van der Waals surface area contributed by atoms with Crippen molar-refractivity contribution in [3.05, 3.63) is 35.9 Å². The van der Waals surface area contributed by atoms with E-state index < -0.39 is 0 Å². The van der Waals surface area contributed by atoms with E-state index in [0.29, 0.717) is 6.04 Å². The van der Waals surface area contributed by atoms with Crippen molar-refractivity contribution in [1.82, 2.24) is 10.2 Å². The van der Waals surface area contributed by atoms with E-state index in [1.807, 2.05) is 0 Å². The fraction of sp³-hybridized carbons (Fsp3) is 0.667. The van der Waals surface area contributed by atoms with Crippen molar-refractivity contribution in [2.24, 2.45) is 5.41 Å². The minimum Gasteiger partial charge on any atom is -0.395 e. The molecular weight excluding hydrogens is 260 g/mol. The summed E-state index contributed by atoms with van der Waals surface area (Å²) in [6, 6.07) is 11.2. The summed E-state index contributed by atoms with van der Waals surface area (Å²) in [7, 11) is 2.09. The second kappa shape index (κ2) is 8.52. The molecule has 0 amide bonds. The van der Waals surface area contributed by atoms with E-state index >= 15 is 0 Å². The first-order chi connectivity index (χ1) is 9.92. The van der Waals surface area contributed by atoms with Gasteiger partial charge in [-0.1, -0.05) is 51.1 Å². The Morgan fingerprint density at radius 3 is 2.38 bits per heavy atom. The Hall–Kier alpha value is -0.900. The molecule has 2 unspecified atom stereocenters. The van der Waals surface area contributed by atoms with E-state index in [9.17, 15) is 5.11 Å². The van der Waals surface area contributed by atoms with Gasteiger partial charge in [0, 0.05) is 18.6 Å². The molecule has 0 saturated carbocycles. The number of hydrogen-bond acceptors (Lipinski definition) is 3. The molecule has 0 radical (unpaired) electrons. The molecule has 0 aliphatic carbocycles. The van der Waals surface area contributed by atoms with Gasteiger partial charge in [-0.05, 0) is 37.9 Å². The fourth-order valence-corrected chi connectivity index (χ4v) is 2.81. The molecule has 1 aromatic rings. The molecule has 0 aromatic heterocycles. The number of aliphatic hydroxyl groups excluding tert-OH is 1. The summed E-state index contributed by atoms with van der Waals surface area (Å²) in [6.45, 7) is 11.0. The first kappa shape index (κ1) is 18.1. The number of nitrogens with zero attached hydrogens (tertiary/aromatic N) is 1. The molecule has 21 heavy (non-hydrogen) atoms. The first-order valence-corrected chi connectivity index (χ1v) is 8.01. The summed E-state index contributed by atoms with van der Waals surface area (Å²) in [5.41, 5.74) is 1.41. The third kappa shape index (κ3) is 5.42. The standard InChI is InChI=1S/C18H32N2O/c1-6-12-19-17(16-10-8-7-9-11-16)18(3,4)14-20(5)15(2)13-21/h7-11,15,17,19,21H,6,12-14H2,1-5H3. The maximum absolute atomic E-state index is 9.34. The quantitative estimate of drug-likeness (QED) is 0.734. The van der Waals surface area contributed by atoms with Crippen LogP contribution < -0.4 is 5.32 Å². The highest BCUT2D eigenvalue weighted by Crippen LogP contribution is 2.34. The molecule has 0 bridgehead atoms. The lowest BCUT2D eigenvalue weighted by molar-refractivity contribution is 0.0968. The van der Waals surface area contributed by atoms with Crippen LogP contribution in [0.25, 0.3) is 0 Å².